The van der Waals surface area contributed by atoms with Crippen LogP contribution in [0.5, 0.6) is 0 Å². The van der Waals surface area contributed by atoms with Crippen molar-refractivity contribution < 1.29 is 0 Å². The van der Waals surface area contributed by atoms with Crippen LogP contribution in [-0.2, 0) is 0 Å². The van der Waals surface area contributed by atoms with E-state index in [1.165, 1.54) is 11.3 Å². The fourth-order valence-electron chi connectivity index (χ4n) is 1.06. The van der Waals surface area contributed by atoms with Gasteiger partial charge >= 0.3 is 0 Å². The van der Waals surface area contributed by atoms with Crippen molar-refractivity contribution in [2.24, 2.45) is 0 Å². The molecule has 0 aliphatic rings. The fraction of sp³-hybridized carbons (Fsp3) is 0.143. The van der Waals surface area contributed by atoms with Gasteiger partial charge in [0.25, 0.3) is 5.56 Å². The van der Waals surface area contributed by atoms with E-state index in [1.54, 1.807) is 13.0 Å². The van der Waals surface area contributed by atoms with Crippen LogP contribution in [0.4, 0.5) is 5.00 Å². The lowest BCUT2D eigenvalue weighted by Gasteiger charge is -1.89. The van der Waals surface area contributed by atoms with E-state index in [9.17, 15) is 4.79 Å². The standard InChI is InChI=1S/C7H7N3OS/c1-3-9-6(11)4-2-5(8)12-7(4)10-3/h2H,8H2,1H3,(H,9,10,11). The molecule has 2 rings (SSSR count). The minimum Gasteiger partial charge on any atom is -0.391 e. The van der Waals surface area contributed by atoms with Gasteiger partial charge < -0.3 is 10.7 Å². The molecule has 0 unspecified atom stereocenters. The first kappa shape index (κ1) is 7.30. The lowest BCUT2D eigenvalue weighted by Crippen LogP contribution is -2.07. The third kappa shape index (κ3) is 0.984. The number of aromatic nitrogens is 2. The number of aryl methyl sites for hydroxylation is 1. The molecule has 4 nitrogen and oxygen atoms in total. The first-order chi connectivity index (χ1) is 5.66. The van der Waals surface area contributed by atoms with Crippen LogP contribution in [0.2, 0.25) is 0 Å². The summed E-state index contributed by atoms with van der Waals surface area (Å²) in [4.78, 5) is 18.7. The molecule has 12 heavy (non-hydrogen) atoms. The van der Waals surface area contributed by atoms with Crippen LogP contribution < -0.4 is 11.3 Å². The summed E-state index contributed by atoms with van der Waals surface area (Å²) in [5.41, 5.74) is 5.42. The van der Waals surface area contributed by atoms with Crippen LogP contribution in [0, 0.1) is 6.92 Å². The Morgan fingerprint density at radius 3 is 3.17 bits per heavy atom. The van der Waals surface area contributed by atoms with Crippen LogP contribution in [0.3, 0.4) is 0 Å². The molecule has 0 aliphatic carbocycles. The lowest BCUT2D eigenvalue weighted by atomic mass is 10.4. The second-order valence-electron chi connectivity index (χ2n) is 2.52. The molecule has 0 aliphatic heterocycles. The van der Waals surface area contributed by atoms with E-state index in [1.807, 2.05) is 0 Å². The fourth-order valence-corrected chi connectivity index (χ4v) is 1.90. The van der Waals surface area contributed by atoms with E-state index < -0.39 is 0 Å². The van der Waals surface area contributed by atoms with E-state index in [0.29, 0.717) is 21.0 Å². The zero-order chi connectivity index (χ0) is 8.72. The molecule has 0 fully saturated rings. The Kier molecular flexibility index (Phi) is 1.41. The Balaban J connectivity index is 2.98. The summed E-state index contributed by atoms with van der Waals surface area (Å²) in [6, 6.07) is 1.64. The van der Waals surface area contributed by atoms with E-state index in [2.05, 4.69) is 9.97 Å². The number of fused-ring (bicyclic) bond motifs is 1. The minimum atomic E-state index is -0.120. The van der Waals surface area contributed by atoms with Crippen molar-refractivity contribution in [3.8, 4) is 0 Å². The van der Waals surface area contributed by atoms with Crippen LogP contribution in [0.1, 0.15) is 5.82 Å². The number of aromatic amines is 1. The van der Waals surface area contributed by atoms with Gasteiger partial charge in [-0.3, -0.25) is 4.79 Å². The number of hydrogen-bond donors (Lipinski definition) is 2. The average Bonchev–Trinajstić information content (AvgIpc) is 2.29. The molecule has 0 spiro atoms. The first-order valence-electron chi connectivity index (χ1n) is 3.43. The molecule has 3 N–H and O–H groups in total. The van der Waals surface area contributed by atoms with Crippen molar-refractivity contribution in [3.63, 3.8) is 0 Å². The Labute approximate surface area is 72.1 Å². The van der Waals surface area contributed by atoms with E-state index in [0.717, 1.165) is 0 Å². The number of nitrogens with two attached hydrogens (primary N) is 1. The predicted molar refractivity (Wildman–Crippen MR) is 49.4 cm³/mol. The summed E-state index contributed by atoms with van der Waals surface area (Å²) in [5.74, 6) is 0.620. The van der Waals surface area contributed by atoms with Crippen molar-refractivity contribution in [1.29, 1.82) is 0 Å². The van der Waals surface area contributed by atoms with Crippen LogP contribution >= 0.6 is 11.3 Å². The number of thiophene rings is 1. The molecule has 0 radical (unpaired) electrons. The molecule has 2 aromatic heterocycles. The summed E-state index contributed by atoms with van der Waals surface area (Å²) in [6.45, 7) is 1.75. The quantitative estimate of drug-likeness (QED) is 0.633. The van der Waals surface area contributed by atoms with Crippen molar-refractivity contribution in [2.45, 2.75) is 6.92 Å². The molecular formula is C7H7N3OS. The molecule has 62 valence electrons. The second kappa shape index (κ2) is 2.31. The zero-order valence-corrected chi connectivity index (χ0v) is 7.23. The average molecular weight is 181 g/mol. The highest BCUT2D eigenvalue weighted by atomic mass is 32.1. The number of nitrogens with zero attached hydrogens (tertiary/aromatic N) is 1. The number of H-pyrrole nitrogens is 1. The predicted octanol–water partition coefficient (Wildman–Crippen LogP) is 0.875. The van der Waals surface area contributed by atoms with Gasteiger partial charge in [-0.25, -0.2) is 4.98 Å². The molecule has 0 saturated carbocycles. The highest BCUT2D eigenvalue weighted by Crippen LogP contribution is 2.22. The molecule has 5 heteroatoms. The monoisotopic (exact) mass is 181 g/mol. The molecule has 0 amide bonds. The molecule has 0 atom stereocenters. The normalized spacial score (nSPS) is 10.8. The summed E-state index contributed by atoms with van der Waals surface area (Å²) in [5, 5.41) is 1.19. The molecule has 0 bridgehead atoms. The van der Waals surface area contributed by atoms with E-state index >= 15 is 0 Å². The number of nitrogens with one attached hydrogen (secondary N) is 1. The Morgan fingerprint density at radius 2 is 2.42 bits per heavy atom. The van der Waals surface area contributed by atoms with Crippen LogP contribution in [0.25, 0.3) is 10.2 Å². The van der Waals surface area contributed by atoms with E-state index in [-0.39, 0.29) is 5.56 Å². The number of nitrogen functional groups attached to an aromatic ring is 1. The second-order valence-corrected chi connectivity index (χ2v) is 3.58. The first-order valence-corrected chi connectivity index (χ1v) is 4.24. The molecular weight excluding hydrogens is 174 g/mol. The number of rotatable bonds is 0. The third-order valence-corrected chi connectivity index (χ3v) is 2.40. The van der Waals surface area contributed by atoms with Gasteiger partial charge in [-0.05, 0) is 13.0 Å². The van der Waals surface area contributed by atoms with Gasteiger partial charge in [-0.1, -0.05) is 11.3 Å². The molecule has 0 aromatic carbocycles. The Bertz CT molecular complexity index is 485. The van der Waals surface area contributed by atoms with Gasteiger partial charge in [0, 0.05) is 0 Å². The van der Waals surface area contributed by atoms with Gasteiger partial charge in [-0.15, -0.1) is 0 Å². The Morgan fingerprint density at radius 1 is 1.67 bits per heavy atom. The smallest absolute Gasteiger partial charge is 0.259 e. The van der Waals surface area contributed by atoms with Crippen LogP contribution in [-0.4, -0.2) is 9.97 Å². The van der Waals surface area contributed by atoms with Gasteiger partial charge in [0.2, 0.25) is 0 Å². The lowest BCUT2D eigenvalue weighted by molar-refractivity contribution is 1.07. The van der Waals surface area contributed by atoms with Crippen molar-refractivity contribution in [1.82, 2.24) is 9.97 Å². The summed E-state index contributed by atoms with van der Waals surface area (Å²) in [7, 11) is 0. The molecule has 2 aromatic rings. The SMILES string of the molecule is Cc1nc2sc(N)cc2c(=O)[nH]1. The van der Waals surface area contributed by atoms with Gasteiger partial charge in [-0.2, -0.15) is 0 Å². The minimum absolute atomic E-state index is 0.120. The molecule has 0 saturated heterocycles. The summed E-state index contributed by atoms with van der Waals surface area (Å²) < 4.78 is 0. The maximum atomic E-state index is 11.3. The highest BCUT2D eigenvalue weighted by molar-refractivity contribution is 7.22. The molecule has 2 heterocycles. The zero-order valence-electron chi connectivity index (χ0n) is 6.42. The third-order valence-electron chi connectivity index (χ3n) is 1.54. The maximum absolute atomic E-state index is 11.3. The van der Waals surface area contributed by atoms with Crippen LogP contribution in [0.15, 0.2) is 10.9 Å². The number of hydrogen-bond acceptors (Lipinski definition) is 4. The Hall–Kier alpha value is -1.36. The maximum Gasteiger partial charge on any atom is 0.259 e. The number of anilines is 1. The summed E-state index contributed by atoms with van der Waals surface area (Å²) >= 11 is 1.33. The highest BCUT2D eigenvalue weighted by Gasteiger charge is 2.04. The van der Waals surface area contributed by atoms with Crippen molar-refractivity contribution in [2.75, 3.05) is 5.73 Å². The van der Waals surface area contributed by atoms with Crippen molar-refractivity contribution >= 4 is 26.6 Å². The largest absolute Gasteiger partial charge is 0.391 e. The van der Waals surface area contributed by atoms with Crippen molar-refractivity contribution in [3.05, 3.63) is 22.2 Å². The van der Waals surface area contributed by atoms with Gasteiger partial charge in [0.15, 0.2) is 0 Å². The van der Waals surface area contributed by atoms with Gasteiger partial charge in [0.1, 0.15) is 10.7 Å². The summed E-state index contributed by atoms with van der Waals surface area (Å²) in [6.07, 6.45) is 0. The van der Waals surface area contributed by atoms with E-state index in [4.69, 9.17) is 5.73 Å². The topological polar surface area (TPSA) is 71.8 Å². The van der Waals surface area contributed by atoms with Gasteiger partial charge in [0.05, 0.1) is 10.4 Å².